The predicted octanol–water partition coefficient (Wildman–Crippen LogP) is 5.89. The monoisotopic (exact) mass is 480 g/mol. The highest BCUT2D eigenvalue weighted by molar-refractivity contribution is 6.74. The summed E-state index contributed by atoms with van der Waals surface area (Å²) in [7, 11) is -0.260. The average molecular weight is 481 g/mol. The number of ketones is 1. The number of hydrogen-bond acceptors (Lipinski definition) is 5. The lowest BCUT2D eigenvalue weighted by Gasteiger charge is -2.49. The second kappa shape index (κ2) is 10.9. The van der Waals surface area contributed by atoms with E-state index in [1.54, 1.807) is 13.2 Å². The zero-order valence-corrected chi connectivity index (χ0v) is 23.5. The highest BCUT2D eigenvalue weighted by Crippen LogP contribution is 2.54. The van der Waals surface area contributed by atoms with Crippen molar-refractivity contribution in [1.82, 2.24) is 0 Å². The fourth-order valence-electron chi connectivity index (χ4n) is 5.64. The molecule has 0 heterocycles. The molecule has 0 unspecified atom stereocenters. The molecule has 2 aliphatic rings. The number of carbonyl (C=O) groups excluding carboxylic acids is 1. The number of aliphatic hydroxyl groups is 1. The predicted molar refractivity (Wildman–Crippen MR) is 137 cm³/mol. The highest BCUT2D eigenvalue weighted by Gasteiger charge is 2.59. The van der Waals surface area contributed by atoms with Gasteiger partial charge in [-0.15, -0.1) is 6.58 Å². The first-order valence-electron chi connectivity index (χ1n) is 12.6. The van der Waals surface area contributed by atoms with E-state index in [-0.39, 0.29) is 35.4 Å². The molecular weight excluding hydrogens is 432 g/mol. The van der Waals surface area contributed by atoms with Crippen LogP contribution in [0.1, 0.15) is 67.2 Å². The minimum Gasteiger partial charge on any atom is -0.417 e. The highest BCUT2D eigenvalue weighted by atomic mass is 28.4. The molecule has 0 aliphatic heterocycles. The van der Waals surface area contributed by atoms with Crippen molar-refractivity contribution in [3.63, 3.8) is 0 Å². The van der Waals surface area contributed by atoms with Gasteiger partial charge in [0.1, 0.15) is 18.5 Å². The van der Waals surface area contributed by atoms with E-state index in [0.717, 1.165) is 24.8 Å². The molecule has 33 heavy (non-hydrogen) atoms. The van der Waals surface area contributed by atoms with E-state index in [2.05, 4.69) is 54.3 Å². The van der Waals surface area contributed by atoms with Crippen LogP contribution in [-0.4, -0.2) is 51.4 Å². The fourth-order valence-corrected chi connectivity index (χ4v) is 6.73. The van der Waals surface area contributed by atoms with Crippen molar-refractivity contribution in [2.75, 3.05) is 20.5 Å². The summed E-state index contributed by atoms with van der Waals surface area (Å²) >= 11 is 0. The number of allylic oxidation sites excluding steroid dienone is 1. The van der Waals surface area contributed by atoms with E-state index >= 15 is 0 Å². The van der Waals surface area contributed by atoms with Crippen LogP contribution < -0.4 is 0 Å². The first-order valence-corrected chi connectivity index (χ1v) is 15.5. The SMILES string of the molecule is C=C[C@@H](OCOC)[C@]1(O)/C(=C(\C)CCCO[Si](C)(C)C(C)(C)C)C(=O)[C@@H]2[C@@H](CC[C@@H]2C)[C@@H]1C. The van der Waals surface area contributed by atoms with E-state index in [1.165, 1.54) is 0 Å². The van der Waals surface area contributed by atoms with Crippen LogP contribution in [0, 0.1) is 23.7 Å². The lowest BCUT2D eigenvalue weighted by molar-refractivity contribution is -0.165. The van der Waals surface area contributed by atoms with Crippen molar-refractivity contribution in [3.05, 3.63) is 23.8 Å². The van der Waals surface area contributed by atoms with Gasteiger partial charge < -0.3 is 19.0 Å². The summed E-state index contributed by atoms with van der Waals surface area (Å²) in [5.41, 5.74) is 0.0735. The summed E-state index contributed by atoms with van der Waals surface area (Å²) in [5, 5.41) is 12.4. The summed E-state index contributed by atoms with van der Waals surface area (Å²) < 4.78 is 17.3. The van der Waals surface area contributed by atoms with E-state index in [1.807, 2.05) is 6.92 Å². The number of hydrogen-bond donors (Lipinski definition) is 1. The van der Waals surface area contributed by atoms with Crippen LogP contribution >= 0.6 is 0 Å². The van der Waals surface area contributed by atoms with Gasteiger partial charge in [0.2, 0.25) is 0 Å². The second-order valence-electron chi connectivity index (χ2n) is 11.8. The Balaban J connectivity index is 2.35. The number of rotatable bonds is 10. The van der Waals surface area contributed by atoms with Gasteiger partial charge in [0, 0.05) is 25.2 Å². The normalized spacial score (nSPS) is 33.1. The maximum absolute atomic E-state index is 13.9. The first-order chi connectivity index (χ1) is 15.2. The lowest BCUT2D eigenvalue weighted by Crippen LogP contribution is -2.59. The van der Waals surface area contributed by atoms with Crippen molar-refractivity contribution < 1.29 is 23.8 Å². The van der Waals surface area contributed by atoms with Crippen LogP contribution in [0.25, 0.3) is 0 Å². The molecule has 2 saturated carbocycles. The second-order valence-corrected chi connectivity index (χ2v) is 16.6. The molecule has 2 rings (SSSR count). The summed E-state index contributed by atoms with van der Waals surface area (Å²) in [5.74, 6) is 0.451. The molecule has 5 nitrogen and oxygen atoms in total. The maximum atomic E-state index is 13.9. The van der Waals surface area contributed by atoms with Crippen LogP contribution in [0.3, 0.4) is 0 Å². The molecule has 0 amide bonds. The van der Waals surface area contributed by atoms with Crippen LogP contribution in [0.15, 0.2) is 23.8 Å². The quantitative estimate of drug-likeness (QED) is 0.139. The summed E-state index contributed by atoms with van der Waals surface area (Å²) in [6, 6.07) is 0. The van der Waals surface area contributed by atoms with Crippen molar-refractivity contribution in [3.8, 4) is 0 Å². The molecule has 2 aliphatic carbocycles. The van der Waals surface area contributed by atoms with Gasteiger partial charge in [-0.2, -0.15) is 0 Å². The summed E-state index contributed by atoms with van der Waals surface area (Å²) in [6.07, 6.45) is 4.43. The maximum Gasteiger partial charge on any atom is 0.191 e. The van der Waals surface area contributed by atoms with Crippen molar-refractivity contribution in [2.24, 2.45) is 23.7 Å². The Kier molecular flexibility index (Phi) is 9.36. The van der Waals surface area contributed by atoms with Gasteiger partial charge in [0.05, 0.1) is 0 Å². The molecule has 6 atom stereocenters. The number of fused-ring (bicyclic) bond motifs is 1. The third-order valence-corrected chi connectivity index (χ3v) is 13.3. The van der Waals surface area contributed by atoms with Crippen LogP contribution in [0.5, 0.6) is 0 Å². The van der Waals surface area contributed by atoms with Gasteiger partial charge in [-0.05, 0) is 68.5 Å². The van der Waals surface area contributed by atoms with Crippen molar-refractivity contribution in [2.45, 2.75) is 97.1 Å². The Morgan fingerprint density at radius 3 is 2.48 bits per heavy atom. The van der Waals surface area contributed by atoms with E-state index in [0.29, 0.717) is 24.5 Å². The largest absolute Gasteiger partial charge is 0.417 e. The number of Topliss-reactive ketones (excluding diaryl/α,β-unsaturated/α-hetero) is 1. The van der Waals surface area contributed by atoms with Crippen molar-refractivity contribution in [1.29, 1.82) is 0 Å². The van der Waals surface area contributed by atoms with Gasteiger partial charge in [0.25, 0.3) is 0 Å². The zero-order chi connectivity index (χ0) is 25.2. The molecule has 0 saturated heterocycles. The van der Waals surface area contributed by atoms with E-state index in [4.69, 9.17) is 13.9 Å². The molecule has 6 heteroatoms. The minimum absolute atomic E-state index is 0.0263. The smallest absolute Gasteiger partial charge is 0.191 e. The number of carbonyl (C=O) groups is 1. The van der Waals surface area contributed by atoms with Crippen LogP contribution in [-0.2, 0) is 18.7 Å². The molecule has 0 radical (unpaired) electrons. The average Bonchev–Trinajstić information content (AvgIpc) is 3.11. The molecule has 0 bridgehead atoms. The molecule has 1 N–H and O–H groups in total. The molecule has 0 aromatic carbocycles. The van der Waals surface area contributed by atoms with Gasteiger partial charge >= 0.3 is 0 Å². The van der Waals surface area contributed by atoms with Gasteiger partial charge in [0.15, 0.2) is 14.1 Å². The van der Waals surface area contributed by atoms with Crippen LogP contribution in [0.2, 0.25) is 18.1 Å². The molecule has 0 spiro atoms. The van der Waals surface area contributed by atoms with Crippen LogP contribution in [0.4, 0.5) is 0 Å². The minimum atomic E-state index is -1.81. The molecule has 0 aromatic rings. The van der Waals surface area contributed by atoms with Gasteiger partial charge in [-0.25, -0.2) is 0 Å². The zero-order valence-electron chi connectivity index (χ0n) is 22.5. The first kappa shape index (κ1) is 28.4. The van der Waals surface area contributed by atoms with Crippen molar-refractivity contribution >= 4 is 14.1 Å². The Bertz CT molecular complexity index is 737. The van der Waals surface area contributed by atoms with Gasteiger partial charge in [-0.1, -0.05) is 46.3 Å². The topological polar surface area (TPSA) is 65.0 Å². The number of methoxy groups -OCH3 is 1. The molecular formula is C27H48O5Si. The Morgan fingerprint density at radius 2 is 1.94 bits per heavy atom. The summed E-state index contributed by atoms with van der Waals surface area (Å²) in [4.78, 5) is 13.9. The lowest BCUT2D eigenvalue weighted by atomic mass is 9.59. The Hall–Kier alpha value is -0.793. The Labute approximate surface area is 203 Å². The van der Waals surface area contributed by atoms with E-state index in [9.17, 15) is 9.90 Å². The molecule has 190 valence electrons. The standard InChI is InChI=1S/C27H48O5Si/c1-11-22(31-17-30-8)27(29)20(4)21-15-14-18(2)23(21)25(28)24(27)19(3)13-12-16-32-33(9,10)26(5,6)7/h11,18,20-23,29H,1,12-17H2,2-10H3/b24-19+/t18-,20-,21-,22+,23-,27-/m0/s1. The van der Waals surface area contributed by atoms with E-state index < -0.39 is 20.0 Å². The summed E-state index contributed by atoms with van der Waals surface area (Å²) in [6.45, 7) is 22.1. The number of ether oxygens (including phenoxy) is 2. The third-order valence-electron chi connectivity index (χ3n) is 8.72. The third kappa shape index (κ3) is 5.56. The Morgan fingerprint density at radius 1 is 1.30 bits per heavy atom. The van der Waals surface area contributed by atoms with Gasteiger partial charge in [-0.3, -0.25) is 4.79 Å². The molecule has 0 aromatic heterocycles. The fraction of sp³-hybridized carbons (Fsp3) is 0.815. The molecule has 2 fully saturated rings.